The molecule has 0 saturated heterocycles. The minimum Gasteiger partial charge on any atom is -0.478 e. The number of carboxylic acid groups (broad SMARTS) is 1. The van der Waals surface area contributed by atoms with Gasteiger partial charge < -0.3 is 14.7 Å². The van der Waals surface area contributed by atoms with E-state index in [9.17, 15) is 9.18 Å². The van der Waals surface area contributed by atoms with Crippen LogP contribution in [0.5, 0.6) is 0 Å². The summed E-state index contributed by atoms with van der Waals surface area (Å²) in [7, 11) is 0. The van der Waals surface area contributed by atoms with E-state index in [1.165, 1.54) is 6.07 Å². The van der Waals surface area contributed by atoms with Crippen molar-refractivity contribution in [2.24, 2.45) is 0 Å². The first-order valence-corrected chi connectivity index (χ1v) is 5.96. The minimum absolute atomic E-state index is 0.282. The van der Waals surface area contributed by atoms with Crippen LogP contribution in [0, 0.1) is 5.82 Å². The summed E-state index contributed by atoms with van der Waals surface area (Å²) in [5.74, 6) is -1.96. The van der Waals surface area contributed by atoms with Crippen LogP contribution in [-0.2, 0) is 4.74 Å². The zero-order chi connectivity index (χ0) is 13.5. The predicted octanol–water partition coefficient (Wildman–Crippen LogP) is 2.39. The van der Waals surface area contributed by atoms with Crippen molar-refractivity contribution < 1.29 is 19.0 Å². The van der Waals surface area contributed by atoms with Crippen LogP contribution < -0.4 is 4.90 Å². The monoisotopic (exact) mass is 255 g/mol. The van der Waals surface area contributed by atoms with Crippen molar-refractivity contribution in [2.45, 2.75) is 13.8 Å². The summed E-state index contributed by atoms with van der Waals surface area (Å²) in [4.78, 5) is 12.9. The van der Waals surface area contributed by atoms with Crippen LogP contribution in [0.15, 0.2) is 18.2 Å². The molecule has 1 rings (SSSR count). The third kappa shape index (κ3) is 3.43. The predicted molar refractivity (Wildman–Crippen MR) is 67.7 cm³/mol. The summed E-state index contributed by atoms with van der Waals surface area (Å²) < 4.78 is 18.8. The lowest BCUT2D eigenvalue weighted by molar-refractivity contribution is 0.0692. The van der Waals surface area contributed by atoms with Crippen molar-refractivity contribution in [1.82, 2.24) is 0 Å². The van der Waals surface area contributed by atoms with Gasteiger partial charge in [-0.2, -0.15) is 0 Å². The third-order valence-corrected chi connectivity index (χ3v) is 2.64. The maximum absolute atomic E-state index is 13.5. The second-order valence-corrected chi connectivity index (χ2v) is 3.72. The van der Waals surface area contributed by atoms with E-state index in [1.807, 2.05) is 13.8 Å². The molecule has 4 nitrogen and oxygen atoms in total. The van der Waals surface area contributed by atoms with Crippen molar-refractivity contribution in [2.75, 3.05) is 31.2 Å². The Morgan fingerprint density at radius 2 is 2.17 bits per heavy atom. The molecule has 0 atom stereocenters. The van der Waals surface area contributed by atoms with E-state index < -0.39 is 11.8 Å². The number of nitrogens with zero attached hydrogens (tertiary/aromatic N) is 1. The smallest absolute Gasteiger partial charge is 0.340 e. The van der Waals surface area contributed by atoms with E-state index in [1.54, 1.807) is 11.0 Å². The lowest BCUT2D eigenvalue weighted by Gasteiger charge is -2.24. The number of likely N-dealkylation sites (N-methyl/N-ethyl adjacent to an activating group) is 1. The fraction of sp³-hybridized carbons (Fsp3) is 0.462. The second kappa shape index (κ2) is 6.96. The molecule has 0 heterocycles. The fourth-order valence-corrected chi connectivity index (χ4v) is 1.76. The number of benzene rings is 1. The van der Waals surface area contributed by atoms with E-state index >= 15 is 0 Å². The molecule has 100 valence electrons. The highest BCUT2D eigenvalue weighted by Crippen LogP contribution is 2.23. The van der Waals surface area contributed by atoms with Gasteiger partial charge in [-0.25, -0.2) is 9.18 Å². The van der Waals surface area contributed by atoms with Gasteiger partial charge in [0.15, 0.2) is 0 Å². The van der Waals surface area contributed by atoms with E-state index in [4.69, 9.17) is 9.84 Å². The number of carboxylic acids is 1. The van der Waals surface area contributed by atoms with Crippen molar-refractivity contribution >= 4 is 11.7 Å². The largest absolute Gasteiger partial charge is 0.478 e. The molecule has 0 fully saturated rings. The highest BCUT2D eigenvalue weighted by molar-refractivity contribution is 5.94. The number of ether oxygens (including phenoxy) is 1. The summed E-state index contributed by atoms with van der Waals surface area (Å²) in [6.07, 6.45) is 0. The van der Waals surface area contributed by atoms with Gasteiger partial charge in [0.25, 0.3) is 0 Å². The maximum atomic E-state index is 13.5. The van der Waals surface area contributed by atoms with E-state index in [0.29, 0.717) is 32.0 Å². The first-order chi connectivity index (χ1) is 8.61. The van der Waals surface area contributed by atoms with Gasteiger partial charge in [-0.15, -0.1) is 0 Å². The molecule has 0 aliphatic heterocycles. The lowest BCUT2D eigenvalue weighted by atomic mass is 10.1. The second-order valence-electron chi connectivity index (χ2n) is 3.72. The Labute approximate surface area is 106 Å². The molecule has 1 aromatic rings. The van der Waals surface area contributed by atoms with Crippen LogP contribution >= 0.6 is 0 Å². The Balaban J connectivity index is 2.98. The highest BCUT2D eigenvalue weighted by Gasteiger charge is 2.19. The number of aromatic carboxylic acids is 1. The van der Waals surface area contributed by atoms with Gasteiger partial charge >= 0.3 is 5.97 Å². The molecule has 0 bridgehead atoms. The van der Waals surface area contributed by atoms with E-state index in [0.717, 1.165) is 6.07 Å². The van der Waals surface area contributed by atoms with Crippen LogP contribution in [0.25, 0.3) is 0 Å². The third-order valence-electron chi connectivity index (χ3n) is 2.64. The quantitative estimate of drug-likeness (QED) is 0.760. The molecular weight excluding hydrogens is 237 g/mol. The topological polar surface area (TPSA) is 49.8 Å². The molecule has 0 saturated carbocycles. The van der Waals surface area contributed by atoms with Gasteiger partial charge in [-0.05, 0) is 26.0 Å². The Morgan fingerprint density at radius 1 is 1.44 bits per heavy atom. The summed E-state index contributed by atoms with van der Waals surface area (Å²) in [5, 5.41) is 9.06. The van der Waals surface area contributed by atoms with E-state index in [2.05, 4.69) is 0 Å². The lowest BCUT2D eigenvalue weighted by Crippen LogP contribution is -2.29. The standard InChI is InChI=1S/C13H18FNO3/c1-3-15(8-9-18-4-2)11-7-5-6-10(14)12(11)13(16)17/h5-7H,3-4,8-9H2,1-2H3,(H,16,17). The van der Waals surface area contributed by atoms with Gasteiger partial charge in [0.2, 0.25) is 0 Å². The van der Waals surface area contributed by atoms with Crippen LogP contribution in [0.4, 0.5) is 10.1 Å². The molecular formula is C13H18FNO3. The minimum atomic E-state index is -1.25. The molecule has 5 heteroatoms. The van der Waals surface area contributed by atoms with Gasteiger partial charge in [0.05, 0.1) is 12.3 Å². The number of hydrogen-bond donors (Lipinski definition) is 1. The number of rotatable bonds is 7. The summed E-state index contributed by atoms with van der Waals surface area (Å²) in [6, 6.07) is 4.28. The molecule has 0 aromatic heterocycles. The Hall–Kier alpha value is -1.62. The van der Waals surface area contributed by atoms with Gasteiger partial charge in [-0.3, -0.25) is 0 Å². The van der Waals surface area contributed by atoms with Crippen LogP contribution in [0.2, 0.25) is 0 Å². The molecule has 1 aromatic carbocycles. The number of carbonyl (C=O) groups is 1. The first-order valence-electron chi connectivity index (χ1n) is 5.96. The van der Waals surface area contributed by atoms with Gasteiger partial charge in [-0.1, -0.05) is 6.07 Å². The molecule has 1 N–H and O–H groups in total. The summed E-state index contributed by atoms with van der Waals surface area (Å²) >= 11 is 0. The normalized spacial score (nSPS) is 10.4. The molecule has 0 radical (unpaired) electrons. The average molecular weight is 255 g/mol. The van der Waals surface area contributed by atoms with Crippen molar-refractivity contribution in [1.29, 1.82) is 0 Å². The van der Waals surface area contributed by atoms with Crippen LogP contribution in [-0.4, -0.2) is 37.4 Å². The van der Waals surface area contributed by atoms with E-state index in [-0.39, 0.29) is 5.56 Å². The number of halogens is 1. The Kier molecular flexibility index (Phi) is 5.58. The molecule has 0 aliphatic rings. The highest BCUT2D eigenvalue weighted by atomic mass is 19.1. The van der Waals surface area contributed by atoms with Crippen molar-refractivity contribution in [3.05, 3.63) is 29.6 Å². The molecule has 0 aliphatic carbocycles. The first kappa shape index (κ1) is 14.4. The zero-order valence-corrected chi connectivity index (χ0v) is 10.6. The Morgan fingerprint density at radius 3 is 2.72 bits per heavy atom. The Bertz CT molecular complexity index is 409. The zero-order valence-electron chi connectivity index (χ0n) is 10.6. The molecule has 18 heavy (non-hydrogen) atoms. The van der Waals surface area contributed by atoms with Gasteiger partial charge in [0.1, 0.15) is 11.4 Å². The molecule has 0 unspecified atom stereocenters. The fourth-order valence-electron chi connectivity index (χ4n) is 1.76. The summed E-state index contributed by atoms with van der Waals surface area (Å²) in [5.41, 5.74) is 0.112. The number of anilines is 1. The van der Waals surface area contributed by atoms with Crippen LogP contribution in [0.3, 0.4) is 0 Å². The molecule has 0 spiro atoms. The summed E-state index contributed by atoms with van der Waals surface area (Å²) in [6.45, 7) is 6.00. The maximum Gasteiger partial charge on any atom is 0.340 e. The molecule has 0 amide bonds. The van der Waals surface area contributed by atoms with Crippen molar-refractivity contribution in [3.8, 4) is 0 Å². The van der Waals surface area contributed by atoms with Crippen molar-refractivity contribution in [3.63, 3.8) is 0 Å². The average Bonchev–Trinajstić information content (AvgIpc) is 2.34. The SMILES string of the molecule is CCOCCN(CC)c1cccc(F)c1C(=O)O. The number of hydrogen-bond acceptors (Lipinski definition) is 3. The van der Waals surface area contributed by atoms with Crippen LogP contribution in [0.1, 0.15) is 24.2 Å². The van der Waals surface area contributed by atoms with Gasteiger partial charge in [0, 0.05) is 19.7 Å².